The SMILES string of the molecule is COc1ccc(N)c(-c2cnc3n[nH]c(-c4cc(OC)c(OC)c(OC)c4)c3c2)c1. The van der Waals surface area contributed by atoms with Crippen molar-refractivity contribution in [1.29, 1.82) is 0 Å². The maximum Gasteiger partial charge on any atom is 0.203 e. The molecule has 0 radical (unpaired) electrons. The van der Waals surface area contributed by atoms with Gasteiger partial charge in [0.05, 0.1) is 34.1 Å². The Bertz CT molecular complexity index is 1190. The monoisotopic (exact) mass is 406 g/mol. The lowest BCUT2D eigenvalue weighted by atomic mass is 10.0. The number of hydrogen-bond acceptors (Lipinski definition) is 7. The normalized spacial score (nSPS) is 10.8. The summed E-state index contributed by atoms with van der Waals surface area (Å²) in [5.74, 6) is 2.35. The van der Waals surface area contributed by atoms with Crippen LogP contribution in [-0.4, -0.2) is 43.6 Å². The zero-order valence-corrected chi connectivity index (χ0v) is 17.1. The molecular weight excluding hydrogens is 384 g/mol. The van der Waals surface area contributed by atoms with E-state index in [9.17, 15) is 0 Å². The Morgan fingerprint density at radius 2 is 1.57 bits per heavy atom. The Morgan fingerprint density at radius 3 is 2.20 bits per heavy atom. The molecule has 0 atom stereocenters. The van der Waals surface area contributed by atoms with Crippen LogP contribution in [0.4, 0.5) is 5.69 Å². The molecule has 0 fully saturated rings. The lowest BCUT2D eigenvalue weighted by molar-refractivity contribution is 0.324. The zero-order chi connectivity index (χ0) is 21.3. The predicted molar refractivity (Wildman–Crippen MR) is 115 cm³/mol. The van der Waals surface area contributed by atoms with Crippen LogP contribution in [0.2, 0.25) is 0 Å². The first kappa shape index (κ1) is 19.4. The third kappa shape index (κ3) is 3.22. The first-order valence-electron chi connectivity index (χ1n) is 9.18. The number of rotatable bonds is 6. The molecule has 8 nitrogen and oxygen atoms in total. The molecule has 2 aromatic heterocycles. The summed E-state index contributed by atoms with van der Waals surface area (Å²) in [7, 11) is 6.35. The van der Waals surface area contributed by atoms with Gasteiger partial charge >= 0.3 is 0 Å². The lowest BCUT2D eigenvalue weighted by Gasteiger charge is -2.14. The van der Waals surface area contributed by atoms with Gasteiger partial charge in [-0.2, -0.15) is 5.10 Å². The molecule has 0 bridgehead atoms. The van der Waals surface area contributed by atoms with Gasteiger partial charge < -0.3 is 24.7 Å². The van der Waals surface area contributed by atoms with E-state index in [4.69, 9.17) is 24.7 Å². The van der Waals surface area contributed by atoms with E-state index < -0.39 is 0 Å². The number of nitrogen functional groups attached to an aromatic ring is 1. The van der Waals surface area contributed by atoms with Crippen molar-refractivity contribution in [1.82, 2.24) is 15.2 Å². The van der Waals surface area contributed by atoms with Crippen molar-refractivity contribution >= 4 is 16.7 Å². The summed E-state index contributed by atoms with van der Waals surface area (Å²) < 4.78 is 21.7. The Balaban J connectivity index is 1.89. The number of H-pyrrole nitrogens is 1. The molecule has 0 aliphatic carbocycles. The van der Waals surface area contributed by atoms with Crippen molar-refractivity contribution in [3.05, 3.63) is 42.6 Å². The van der Waals surface area contributed by atoms with Crippen LogP contribution >= 0.6 is 0 Å². The smallest absolute Gasteiger partial charge is 0.203 e. The van der Waals surface area contributed by atoms with Crippen molar-refractivity contribution in [3.63, 3.8) is 0 Å². The van der Waals surface area contributed by atoms with Gasteiger partial charge in [-0.15, -0.1) is 0 Å². The molecule has 4 rings (SSSR count). The maximum absolute atomic E-state index is 6.20. The molecular formula is C22H22N4O4. The average Bonchev–Trinajstić information content (AvgIpc) is 3.21. The third-order valence-electron chi connectivity index (χ3n) is 4.93. The number of fused-ring (bicyclic) bond motifs is 1. The average molecular weight is 406 g/mol. The lowest BCUT2D eigenvalue weighted by Crippen LogP contribution is -1.96. The predicted octanol–water partition coefficient (Wildman–Crippen LogP) is 3.91. The van der Waals surface area contributed by atoms with Crippen LogP contribution in [0.15, 0.2) is 42.6 Å². The number of nitrogens with zero attached hydrogens (tertiary/aromatic N) is 2. The van der Waals surface area contributed by atoms with Crippen LogP contribution in [-0.2, 0) is 0 Å². The summed E-state index contributed by atoms with van der Waals surface area (Å²) in [5.41, 5.74) is 10.7. The molecule has 0 unspecified atom stereocenters. The van der Waals surface area contributed by atoms with Crippen molar-refractivity contribution < 1.29 is 18.9 Å². The molecule has 0 amide bonds. The number of nitrogens with one attached hydrogen (secondary N) is 1. The van der Waals surface area contributed by atoms with Gasteiger partial charge in [0.2, 0.25) is 5.75 Å². The van der Waals surface area contributed by atoms with Crippen LogP contribution in [0.1, 0.15) is 0 Å². The quantitative estimate of drug-likeness (QED) is 0.468. The Morgan fingerprint density at radius 1 is 0.833 bits per heavy atom. The summed E-state index contributed by atoms with van der Waals surface area (Å²) in [6.07, 6.45) is 1.74. The molecule has 0 aliphatic heterocycles. The second kappa shape index (κ2) is 7.82. The fourth-order valence-corrected chi connectivity index (χ4v) is 3.40. The van der Waals surface area contributed by atoms with Gasteiger partial charge in [-0.3, -0.25) is 5.10 Å². The summed E-state index contributed by atoms with van der Waals surface area (Å²) in [5, 5.41) is 8.24. The molecule has 0 saturated carbocycles. The van der Waals surface area contributed by atoms with Crippen LogP contribution < -0.4 is 24.7 Å². The second-order valence-corrected chi connectivity index (χ2v) is 6.56. The van der Waals surface area contributed by atoms with Gasteiger partial charge in [-0.05, 0) is 36.4 Å². The van der Waals surface area contributed by atoms with E-state index >= 15 is 0 Å². The van der Waals surface area contributed by atoms with Crippen molar-refractivity contribution in [2.24, 2.45) is 0 Å². The summed E-state index contributed by atoms with van der Waals surface area (Å²) >= 11 is 0. The van der Waals surface area contributed by atoms with Gasteiger partial charge in [0.1, 0.15) is 5.75 Å². The van der Waals surface area contributed by atoms with Crippen molar-refractivity contribution in [2.45, 2.75) is 0 Å². The van der Waals surface area contributed by atoms with Crippen LogP contribution in [0.25, 0.3) is 33.4 Å². The van der Waals surface area contributed by atoms with E-state index in [2.05, 4.69) is 15.2 Å². The van der Waals surface area contributed by atoms with Gasteiger partial charge in [0.25, 0.3) is 0 Å². The molecule has 154 valence electrons. The number of nitrogens with two attached hydrogens (primary N) is 1. The van der Waals surface area contributed by atoms with Gasteiger partial charge in [0.15, 0.2) is 17.1 Å². The maximum atomic E-state index is 6.20. The summed E-state index contributed by atoms with van der Waals surface area (Å²) in [6.45, 7) is 0. The van der Waals surface area contributed by atoms with Crippen molar-refractivity contribution in [3.8, 4) is 45.4 Å². The highest BCUT2D eigenvalue weighted by Gasteiger charge is 2.18. The standard InChI is InChI=1S/C22H22N4O4/c1-27-14-5-6-17(23)15(10-14)13-7-16-20(25-26-22(16)24-11-13)12-8-18(28-2)21(30-4)19(9-12)29-3/h5-11H,23H2,1-4H3,(H,24,25,26). The van der Waals surface area contributed by atoms with Gasteiger partial charge in [0, 0.05) is 34.0 Å². The molecule has 4 aromatic rings. The van der Waals surface area contributed by atoms with E-state index in [0.717, 1.165) is 33.5 Å². The van der Waals surface area contributed by atoms with Gasteiger partial charge in [-0.25, -0.2) is 4.98 Å². The van der Waals surface area contributed by atoms with E-state index in [1.165, 1.54) is 0 Å². The first-order valence-corrected chi connectivity index (χ1v) is 9.18. The van der Waals surface area contributed by atoms with E-state index in [-0.39, 0.29) is 0 Å². The molecule has 0 saturated heterocycles. The largest absolute Gasteiger partial charge is 0.497 e. The number of pyridine rings is 1. The molecule has 8 heteroatoms. The molecule has 30 heavy (non-hydrogen) atoms. The highest BCUT2D eigenvalue weighted by molar-refractivity contribution is 5.95. The van der Waals surface area contributed by atoms with Crippen LogP contribution in [0.3, 0.4) is 0 Å². The van der Waals surface area contributed by atoms with E-state index in [1.807, 2.05) is 36.4 Å². The van der Waals surface area contributed by atoms with E-state index in [1.54, 1.807) is 34.6 Å². The zero-order valence-electron chi connectivity index (χ0n) is 17.1. The highest BCUT2D eigenvalue weighted by atomic mass is 16.5. The minimum absolute atomic E-state index is 0.524. The fraction of sp³-hybridized carbons (Fsp3) is 0.182. The van der Waals surface area contributed by atoms with Crippen LogP contribution in [0, 0.1) is 0 Å². The first-order chi connectivity index (χ1) is 14.6. The number of aromatic nitrogens is 3. The molecule has 0 aliphatic rings. The second-order valence-electron chi connectivity index (χ2n) is 6.56. The molecule has 2 heterocycles. The topological polar surface area (TPSA) is 105 Å². The highest BCUT2D eigenvalue weighted by Crippen LogP contribution is 2.42. The number of ether oxygens (including phenoxy) is 4. The number of aromatic amines is 1. The minimum Gasteiger partial charge on any atom is -0.497 e. The molecule has 0 spiro atoms. The third-order valence-corrected chi connectivity index (χ3v) is 4.93. The Hall–Kier alpha value is -3.94. The number of anilines is 1. The summed E-state index contributed by atoms with van der Waals surface area (Å²) in [6, 6.07) is 11.2. The number of hydrogen-bond donors (Lipinski definition) is 2. The molecule has 3 N–H and O–H groups in total. The fourth-order valence-electron chi connectivity index (χ4n) is 3.40. The van der Waals surface area contributed by atoms with E-state index in [0.29, 0.717) is 28.6 Å². The van der Waals surface area contributed by atoms with Crippen molar-refractivity contribution in [2.75, 3.05) is 34.2 Å². The Kier molecular flexibility index (Phi) is 5.05. The number of methoxy groups -OCH3 is 4. The minimum atomic E-state index is 0.524. The summed E-state index contributed by atoms with van der Waals surface area (Å²) in [4.78, 5) is 4.49. The van der Waals surface area contributed by atoms with Crippen LogP contribution in [0.5, 0.6) is 23.0 Å². The van der Waals surface area contributed by atoms with Gasteiger partial charge in [-0.1, -0.05) is 0 Å². The number of benzene rings is 2. The molecule has 2 aromatic carbocycles. The Labute approximate surface area is 173 Å².